The molecule has 0 aliphatic heterocycles. The summed E-state index contributed by atoms with van der Waals surface area (Å²) in [5, 5.41) is 0. The highest BCUT2D eigenvalue weighted by molar-refractivity contribution is 5.95. The molecule has 0 heterocycles. The van der Waals surface area contributed by atoms with Crippen LogP contribution in [0.15, 0.2) is 146 Å². The molecule has 6 aromatic rings. The molecule has 40 heavy (non-hydrogen) atoms. The third-order valence-electron chi connectivity index (χ3n) is 8.89. The molecular formula is C39H29N. The summed E-state index contributed by atoms with van der Waals surface area (Å²) >= 11 is 0. The Morgan fingerprint density at radius 3 is 1.43 bits per heavy atom. The molecule has 2 aliphatic rings. The zero-order valence-electron chi connectivity index (χ0n) is 22.5. The van der Waals surface area contributed by atoms with E-state index in [0.29, 0.717) is 0 Å². The first-order chi connectivity index (χ1) is 19.8. The third kappa shape index (κ3) is 3.09. The van der Waals surface area contributed by atoms with Gasteiger partial charge in [-0.25, -0.2) is 0 Å². The van der Waals surface area contributed by atoms with E-state index in [-0.39, 0.29) is 5.41 Å². The fourth-order valence-corrected chi connectivity index (χ4v) is 7.23. The lowest BCUT2D eigenvalue weighted by atomic mass is 9.70. The van der Waals surface area contributed by atoms with E-state index in [9.17, 15) is 0 Å². The lowest BCUT2D eigenvalue weighted by molar-refractivity contribution is 0.793. The summed E-state index contributed by atoms with van der Waals surface area (Å²) in [6.07, 6.45) is 0. The monoisotopic (exact) mass is 511 g/mol. The summed E-state index contributed by atoms with van der Waals surface area (Å²) < 4.78 is 0. The Labute approximate surface area is 236 Å². The maximum Gasteiger partial charge on any atom is 0.0726 e. The molecule has 0 amide bonds. The minimum Gasteiger partial charge on any atom is -0.342 e. The maximum atomic E-state index is 2.46. The van der Waals surface area contributed by atoms with Crippen LogP contribution in [0.2, 0.25) is 0 Å². The first kappa shape index (κ1) is 23.0. The molecular weight excluding hydrogens is 482 g/mol. The molecule has 0 N–H and O–H groups in total. The summed E-state index contributed by atoms with van der Waals surface area (Å²) in [7, 11) is 0. The Balaban J connectivity index is 1.32. The number of anilines is 2. The van der Waals surface area contributed by atoms with Gasteiger partial charge in [0.1, 0.15) is 0 Å². The van der Waals surface area contributed by atoms with Crippen LogP contribution in [0.4, 0.5) is 11.4 Å². The van der Waals surface area contributed by atoms with Gasteiger partial charge in [-0.3, -0.25) is 0 Å². The first-order valence-corrected chi connectivity index (χ1v) is 14.2. The molecule has 0 radical (unpaired) electrons. The number of hydrogen-bond donors (Lipinski definition) is 0. The van der Waals surface area contributed by atoms with Gasteiger partial charge in [0, 0.05) is 17.9 Å². The van der Waals surface area contributed by atoms with Crippen LogP contribution in [0.3, 0.4) is 0 Å². The number of fused-ring (bicyclic) bond motifs is 10. The van der Waals surface area contributed by atoms with Crippen molar-refractivity contribution in [2.24, 2.45) is 0 Å². The summed E-state index contributed by atoms with van der Waals surface area (Å²) in [5.41, 5.74) is 15.5. The molecule has 0 saturated carbocycles. The Bertz CT molecular complexity index is 1820. The lowest BCUT2D eigenvalue weighted by Gasteiger charge is -2.32. The van der Waals surface area contributed by atoms with Gasteiger partial charge in [0.05, 0.1) is 5.41 Å². The summed E-state index contributed by atoms with van der Waals surface area (Å²) in [4.78, 5) is 2.43. The molecule has 1 nitrogen and oxygen atoms in total. The van der Waals surface area contributed by atoms with Gasteiger partial charge in [-0.05, 0) is 86.8 Å². The number of hydrogen-bond acceptors (Lipinski definition) is 1. The van der Waals surface area contributed by atoms with Crippen molar-refractivity contribution in [3.8, 4) is 33.4 Å². The van der Waals surface area contributed by atoms with Crippen LogP contribution in [0.1, 0.15) is 29.2 Å². The number of rotatable bonds is 4. The van der Waals surface area contributed by atoms with Gasteiger partial charge >= 0.3 is 0 Å². The predicted molar refractivity (Wildman–Crippen MR) is 167 cm³/mol. The minimum atomic E-state index is -0.314. The second-order valence-corrected chi connectivity index (χ2v) is 10.8. The van der Waals surface area contributed by atoms with E-state index in [1.165, 1.54) is 67.0 Å². The van der Waals surface area contributed by atoms with E-state index in [1.54, 1.807) is 0 Å². The second-order valence-electron chi connectivity index (χ2n) is 10.8. The highest BCUT2D eigenvalue weighted by Crippen LogP contribution is 2.63. The van der Waals surface area contributed by atoms with Crippen LogP contribution in [-0.2, 0) is 5.41 Å². The molecule has 1 heteroatoms. The van der Waals surface area contributed by atoms with Gasteiger partial charge in [-0.15, -0.1) is 0 Å². The highest BCUT2D eigenvalue weighted by Gasteiger charge is 2.51. The summed E-state index contributed by atoms with van der Waals surface area (Å²) in [6.45, 7) is 3.12. The Morgan fingerprint density at radius 2 is 0.875 bits per heavy atom. The van der Waals surface area contributed by atoms with Gasteiger partial charge in [-0.1, -0.05) is 121 Å². The molecule has 6 aromatic carbocycles. The fraction of sp³-hybridized carbons (Fsp3) is 0.0769. The van der Waals surface area contributed by atoms with Crippen molar-refractivity contribution in [3.63, 3.8) is 0 Å². The first-order valence-electron chi connectivity index (χ1n) is 14.2. The maximum absolute atomic E-state index is 2.46. The summed E-state index contributed by atoms with van der Waals surface area (Å²) in [6, 6.07) is 53.7. The molecule has 0 atom stereocenters. The van der Waals surface area contributed by atoms with E-state index >= 15 is 0 Å². The van der Waals surface area contributed by atoms with Crippen molar-refractivity contribution in [1.29, 1.82) is 0 Å². The van der Waals surface area contributed by atoms with Crippen molar-refractivity contribution in [1.82, 2.24) is 0 Å². The van der Waals surface area contributed by atoms with E-state index in [4.69, 9.17) is 0 Å². The number of benzene rings is 6. The molecule has 0 fully saturated rings. The molecule has 1 spiro atoms. The Hall–Kier alpha value is -4.88. The predicted octanol–water partition coefficient (Wildman–Crippen LogP) is 9.86. The Morgan fingerprint density at radius 1 is 0.425 bits per heavy atom. The molecule has 2 aliphatic carbocycles. The molecule has 8 rings (SSSR count). The van der Waals surface area contributed by atoms with Crippen molar-refractivity contribution >= 4 is 11.4 Å². The van der Waals surface area contributed by atoms with Crippen molar-refractivity contribution in [3.05, 3.63) is 168 Å². The van der Waals surface area contributed by atoms with Gasteiger partial charge in [0.15, 0.2) is 0 Å². The third-order valence-corrected chi connectivity index (χ3v) is 8.89. The quantitative estimate of drug-likeness (QED) is 0.227. The zero-order valence-corrected chi connectivity index (χ0v) is 22.5. The van der Waals surface area contributed by atoms with Crippen LogP contribution in [0.25, 0.3) is 33.4 Å². The molecule has 0 bridgehead atoms. The molecule has 190 valence electrons. The minimum absolute atomic E-state index is 0.314. The van der Waals surface area contributed by atoms with Crippen LogP contribution < -0.4 is 4.90 Å². The van der Waals surface area contributed by atoms with Crippen molar-refractivity contribution in [2.75, 3.05) is 11.4 Å². The summed E-state index contributed by atoms with van der Waals surface area (Å²) in [5.74, 6) is 0. The Kier molecular flexibility index (Phi) is 5.09. The molecule has 0 saturated heterocycles. The van der Waals surface area contributed by atoms with E-state index in [0.717, 1.165) is 6.54 Å². The van der Waals surface area contributed by atoms with Crippen molar-refractivity contribution in [2.45, 2.75) is 12.3 Å². The smallest absolute Gasteiger partial charge is 0.0726 e. The number of nitrogens with zero attached hydrogens (tertiary/aromatic N) is 1. The fourth-order valence-electron chi connectivity index (χ4n) is 7.23. The molecule has 0 unspecified atom stereocenters. The topological polar surface area (TPSA) is 3.24 Å². The van der Waals surface area contributed by atoms with Crippen LogP contribution in [0, 0.1) is 0 Å². The lowest BCUT2D eigenvalue weighted by Crippen LogP contribution is -2.26. The van der Waals surface area contributed by atoms with Gasteiger partial charge in [-0.2, -0.15) is 0 Å². The average Bonchev–Trinajstić information content (AvgIpc) is 3.49. The van der Waals surface area contributed by atoms with E-state index in [1.807, 2.05) is 0 Å². The van der Waals surface area contributed by atoms with Crippen LogP contribution in [0.5, 0.6) is 0 Å². The van der Waals surface area contributed by atoms with Crippen molar-refractivity contribution < 1.29 is 0 Å². The normalized spacial score (nSPS) is 13.4. The van der Waals surface area contributed by atoms with Gasteiger partial charge in [0.2, 0.25) is 0 Å². The SMILES string of the molecule is CCN(c1ccc(-c2ccccc2)cc1)c1ccc2c(c1)C1(c3ccccc3-c3ccccc31)c1ccccc1-2. The van der Waals surface area contributed by atoms with Gasteiger partial charge < -0.3 is 4.90 Å². The largest absolute Gasteiger partial charge is 0.342 e. The van der Waals surface area contributed by atoms with Gasteiger partial charge in [0.25, 0.3) is 0 Å². The standard InChI is InChI=1S/C39H29N/c1-2-40(29-22-20-28(21-23-29)27-12-4-3-5-13-27)30-24-25-34-33-16-8-11-19-37(33)39(38(34)26-30)35-17-9-6-14-31(35)32-15-7-10-18-36(32)39/h3-26H,2H2,1H3. The average molecular weight is 512 g/mol. The van der Waals surface area contributed by atoms with E-state index < -0.39 is 0 Å². The highest BCUT2D eigenvalue weighted by atomic mass is 15.1. The second kappa shape index (κ2) is 8.83. The van der Waals surface area contributed by atoms with Crippen LogP contribution in [-0.4, -0.2) is 6.54 Å². The molecule has 0 aromatic heterocycles. The zero-order chi connectivity index (χ0) is 26.7. The van der Waals surface area contributed by atoms with E-state index in [2.05, 4.69) is 157 Å². The van der Waals surface area contributed by atoms with Crippen LogP contribution >= 0.6 is 0 Å².